The van der Waals surface area contributed by atoms with E-state index in [-0.39, 0.29) is 10.8 Å². The zero-order chi connectivity index (χ0) is 42.4. The summed E-state index contributed by atoms with van der Waals surface area (Å²) in [6, 6.07) is 66.9. The summed E-state index contributed by atoms with van der Waals surface area (Å²) in [6.07, 6.45) is 12.1. The fraction of sp³-hybridized carbons (Fsp3) is 0.238. The van der Waals surface area contributed by atoms with Crippen molar-refractivity contribution >= 4 is 39.0 Å². The summed E-state index contributed by atoms with van der Waals surface area (Å²) >= 11 is 0. The van der Waals surface area contributed by atoms with Gasteiger partial charge in [0.1, 0.15) is 11.2 Å². The lowest BCUT2D eigenvalue weighted by molar-refractivity contribution is -0.0399. The lowest BCUT2D eigenvalue weighted by Gasteiger charge is -2.61. The standard InChI is InChI=1S/C63H51NO/c1-2-10-41(11-3-1)42-16-20-47(21-17-42)64(49-22-25-52-50-12-4-6-14-56(50)62(59(52)38-49)28-8-9-29-62)48-23-27-60-55(37-48)53-24-18-44(36-61(53)65-60)43-19-26-58-54(35-43)51-13-5-7-15-57(51)63(58)45-31-39-30-40(33-45)34-46(63)32-39/h1-7,10-27,35-40,45-46H,8-9,28-34H2. The first-order valence-electron chi connectivity index (χ1n) is 24.5. The molecule has 0 radical (unpaired) electrons. The molecule has 2 spiro atoms. The van der Waals surface area contributed by atoms with Crippen LogP contribution in [0.4, 0.5) is 17.1 Å². The van der Waals surface area contributed by atoms with Gasteiger partial charge in [-0.3, -0.25) is 0 Å². The molecule has 0 amide bonds. The Bertz CT molecular complexity index is 3370. The third kappa shape index (κ3) is 5.06. The van der Waals surface area contributed by atoms with E-state index in [1.165, 1.54) is 119 Å². The monoisotopic (exact) mass is 837 g/mol. The molecule has 1 aromatic heterocycles. The highest BCUT2D eigenvalue weighted by Crippen LogP contribution is 2.69. The molecule has 65 heavy (non-hydrogen) atoms. The summed E-state index contributed by atoms with van der Waals surface area (Å²) in [6.45, 7) is 0. The molecular weight excluding hydrogens is 787 g/mol. The zero-order valence-electron chi connectivity index (χ0n) is 36.8. The van der Waals surface area contributed by atoms with Crippen molar-refractivity contribution in [3.05, 3.63) is 198 Å². The van der Waals surface area contributed by atoms with Crippen molar-refractivity contribution in [3.8, 4) is 44.5 Å². The normalized spacial score (nSPS) is 23.6. The SMILES string of the molecule is c1ccc(-c2ccc(N(c3ccc4c(c3)C3(CCCC3)c3ccccc3-4)c3ccc4oc5cc(-c6ccc7c(c6)-c6ccccc6C76C7CC8CC(C7)CC6C8)ccc5c4c3)cc2)cc1. The second kappa shape index (κ2) is 13.5. The minimum atomic E-state index is 0.0893. The van der Waals surface area contributed by atoms with E-state index in [0.717, 1.165) is 57.0 Å². The van der Waals surface area contributed by atoms with Crippen LogP contribution >= 0.6 is 0 Å². The minimum absolute atomic E-state index is 0.0893. The number of anilines is 3. The molecule has 0 saturated heterocycles. The van der Waals surface area contributed by atoms with Gasteiger partial charge in [0.15, 0.2) is 0 Å². The van der Waals surface area contributed by atoms with E-state index in [1.807, 2.05) is 0 Å². The average molecular weight is 838 g/mol. The highest BCUT2D eigenvalue weighted by atomic mass is 16.3. The molecule has 4 bridgehead atoms. The topological polar surface area (TPSA) is 16.4 Å². The second-order valence-corrected chi connectivity index (χ2v) is 20.8. The van der Waals surface area contributed by atoms with Crippen molar-refractivity contribution < 1.29 is 4.42 Å². The van der Waals surface area contributed by atoms with Crippen LogP contribution < -0.4 is 4.90 Å². The van der Waals surface area contributed by atoms with Gasteiger partial charge in [0, 0.05) is 38.7 Å². The Morgan fingerprint density at radius 2 is 0.969 bits per heavy atom. The number of fused-ring (bicyclic) bond motifs is 11. The van der Waals surface area contributed by atoms with Crippen LogP contribution in [0.25, 0.3) is 66.4 Å². The van der Waals surface area contributed by atoms with Gasteiger partial charge < -0.3 is 9.32 Å². The smallest absolute Gasteiger partial charge is 0.136 e. The van der Waals surface area contributed by atoms with Gasteiger partial charge in [0.25, 0.3) is 0 Å². The van der Waals surface area contributed by atoms with Crippen LogP contribution in [0.2, 0.25) is 0 Å². The van der Waals surface area contributed by atoms with Crippen LogP contribution in [0.5, 0.6) is 0 Å². The maximum absolute atomic E-state index is 6.77. The van der Waals surface area contributed by atoms with Crippen molar-refractivity contribution in [1.29, 1.82) is 0 Å². The number of benzene rings is 8. The minimum Gasteiger partial charge on any atom is -0.456 e. The Balaban J connectivity index is 0.835. The Morgan fingerprint density at radius 1 is 0.385 bits per heavy atom. The fourth-order valence-corrected chi connectivity index (χ4v) is 15.4. The number of hydrogen-bond donors (Lipinski definition) is 0. The maximum atomic E-state index is 6.77. The summed E-state index contributed by atoms with van der Waals surface area (Å²) in [4.78, 5) is 2.46. The quantitative estimate of drug-likeness (QED) is 0.172. The summed E-state index contributed by atoms with van der Waals surface area (Å²) in [5, 5.41) is 2.29. The van der Waals surface area contributed by atoms with Gasteiger partial charge in [-0.05, 0) is 196 Å². The Hall–Kier alpha value is -6.64. The molecule has 2 nitrogen and oxygen atoms in total. The fourth-order valence-electron chi connectivity index (χ4n) is 15.4. The Kier molecular flexibility index (Phi) is 7.59. The molecule has 0 atom stereocenters. The molecule has 5 saturated carbocycles. The summed E-state index contributed by atoms with van der Waals surface area (Å²) in [5.41, 5.74) is 22.5. The molecule has 16 rings (SSSR count). The van der Waals surface area contributed by atoms with Crippen LogP contribution in [0.15, 0.2) is 180 Å². The van der Waals surface area contributed by atoms with E-state index in [9.17, 15) is 0 Å². The number of furan rings is 1. The van der Waals surface area contributed by atoms with E-state index in [1.54, 1.807) is 11.1 Å². The van der Waals surface area contributed by atoms with Crippen LogP contribution in [0.3, 0.4) is 0 Å². The van der Waals surface area contributed by atoms with E-state index >= 15 is 0 Å². The first-order chi connectivity index (χ1) is 32.1. The predicted octanol–water partition coefficient (Wildman–Crippen LogP) is 17.0. The summed E-state index contributed by atoms with van der Waals surface area (Å²) < 4.78 is 6.77. The number of rotatable bonds is 5. The molecular formula is C63H51NO. The van der Waals surface area contributed by atoms with Crippen molar-refractivity contribution in [2.75, 3.05) is 4.90 Å². The van der Waals surface area contributed by atoms with Gasteiger partial charge in [0.2, 0.25) is 0 Å². The van der Waals surface area contributed by atoms with Crippen LogP contribution in [-0.4, -0.2) is 0 Å². The zero-order valence-corrected chi connectivity index (χ0v) is 36.8. The van der Waals surface area contributed by atoms with Gasteiger partial charge >= 0.3 is 0 Å². The number of nitrogens with zero attached hydrogens (tertiary/aromatic N) is 1. The molecule has 7 aliphatic rings. The van der Waals surface area contributed by atoms with Crippen LogP contribution in [0, 0.1) is 23.7 Å². The van der Waals surface area contributed by atoms with Crippen LogP contribution in [-0.2, 0) is 10.8 Å². The molecule has 9 aromatic rings. The van der Waals surface area contributed by atoms with E-state index in [4.69, 9.17) is 4.42 Å². The van der Waals surface area contributed by atoms with Gasteiger partial charge in [-0.15, -0.1) is 0 Å². The lowest BCUT2D eigenvalue weighted by atomic mass is 9.43. The van der Waals surface area contributed by atoms with Gasteiger partial charge in [0.05, 0.1) is 0 Å². The Morgan fingerprint density at radius 3 is 1.75 bits per heavy atom. The van der Waals surface area contributed by atoms with E-state index in [0.29, 0.717) is 0 Å². The third-order valence-corrected chi connectivity index (χ3v) is 17.8. The largest absolute Gasteiger partial charge is 0.456 e. The van der Waals surface area contributed by atoms with Crippen molar-refractivity contribution in [2.24, 2.45) is 23.7 Å². The first kappa shape index (κ1) is 36.7. The molecule has 0 unspecified atom stereocenters. The second-order valence-electron chi connectivity index (χ2n) is 20.8. The van der Waals surface area contributed by atoms with Crippen molar-refractivity contribution in [1.82, 2.24) is 0 Å². The molecule has 0 N–H and O–H groups in total. The highest BCUT2D eigenvalue weighted by molar-refractivity contribution is 6.08. The molecule has 0 aliphatic heterocycles. The first-order valence-corrected chi connectivity index (χ1v) is 24.5. The Labute approximate surface area is 381 Å². The molecule has 5 fully saturated rings. The van der Waals surface area contributed by atoms with E-state index in [2.05, 4.69) is 181 Å². The van der Waals surface area contributed by atoms with Gasteiger partial charge in [-0.1, -0.05) is 128 Å². The molecule has 8 aromatic carbocycles. The molecule has 7 aliphatic carbocycles. The summed E-state index contributed by atoms with van der Waals surface area (Å²) in [5.74, 6) is 3.44. The van der Waals surface area contributed by atoms with Gasteiger partial charge in [-0.25, -0.2) is 0 Å². The lowest BCUT2D eigenvalue weighted by Crippen LogP contribution is -2.55. The van der Waals surface area contributed by atoms with Crippen molar-refractivity contribution in [3.63, 3.8) is 0 Å². The highest BCUT2D eigenvalue weighted by Gasteiger charge is 2.61. The molecule has 314 valence electrons. The maximum Gasteiger partial charge on any atom is 0.136 e. The predicted molar refractivity (Wildman–Crippen MR) is 267 cm³/mol. The van der Waals surface area contributed by atoms with Crippen LogP contribution in [0.1, 0.15) is 80.0 Å². The average Bonchev–Trinajstić information content (AvgIpc) is 4.13. The summed E-state index contributed by atoms with van der Waals surface area (Å²) in [7, 11) is 0. The van der Waals surface area contributed by atoms with Crippen molar-refractivity contribution in [2.45, 2.75) is 68.6 Å². The number of hydrogen-bond acceptors (Lipinski definition) is 2. The molecule has 2 heteroatoms. The molecule has 1 heterocycles. The van der Waals surface area contributed by atoms with E-state index < -0.39 is 0 Å². The van der Waals surface area contributed by atoms with Gasteiger partial charge in [-0.2, -0.15) is 0 Å². The third-order valence-electron chi connectivity index (χ3n) is 17.8.